The smallest absolute Gasteiger partial charge is 0.410 e. The van der Waals surface area contributed by atoms with E-state index in [1.165, 1.54) is 4.88 Å². The third kappa shape index (κ3) is 6.37. The Labute approximate surface area is 163 Å². The highest BCUT2D eigenvalue weighted by atomic mass is 32.1. The van der Waals surface area contributed by atoms with Crippen molar-refractivity contribution >= 4 is 23.3 Å². The number of nitrogens with zero attached hydrogens (tertiary/aromatic N) is 1. The van der Waals surface area contributed by atoms with Gasteiger partial charge in [0.2, 0.25) is 5.91 Å². The molecule has 0 spiro atoms. The SMILES string of the molecule is O=C(CC1CN(C(=O)OCc2ccccc2)CCN1)NCCc1cccs1. The van der Waals surface area contributed by atoms with Crippen molar-refractivity contribution in [3.05, 3.63) is 58.3 Å². The number of hydrogen-bond donors (Lipinski definition) is 2. The van der Waals surface area contributed by atoms with E-state index in [2.05, 4.69) is 16.7 Å². The quantitative estimate of drug-likeness (QED) is 0.765. The predicted molar refractivity (Wildman–Crippen MR) is 106 cm³/mol. The molecule has 1 saturated heterocycles. The topological polar surface area (TPSA) is 70.7 Å². The lowest BCUT2D eigenvalue weighted by Crippen LogP contribution is -2.54. The standard InChI is InChI=1S/C20H25N3O3S/c24-19(22-9-8-18-7-4-12-27-18)13-17-14-23(11-10-21-17)20(25)26-15-16-5-2-1-3-6-16/h1-7,12,17,21H,8-11,13-15H2,(H,22,24). The highest BCUT2D eigenvalue weighted by Gasteiger charge is 2.25. The molecule has 1 aliphatic heterocycles. The minimum Gasteiger partial charge on any atom is -0.445 e. The molecule has 0 bridgehead atoms. The fourth-order valence-corrected chi connectivity index (χ4v) is 3.72. The number of amides is 2. The average Bonchev–Trinajstić information content (AvgIpc) is 3.20. The second kappa shape index (κ2) is 10.1. The fraction of sp³-hybridized carbons (Fsp3) is 0.400. The monoisotopic (exact) mass is 387 g/mol. The van der Waals surface area contributed by atoms with E-state index in [-0.39, 0.29) is 24.6 Å². The molecule has 1 aliphatic rings. The maximum atomic E-state index is 12.3. The Hall–Kier alpha value is -2.38. The summed E-state index contributed by atoms with van der Waals surface area (Å²) in [5.41, 5.74) is 0.961. The molecule has 2 heterocycles. The summed E-state index contributed by atoms with van der Waals surface area (Å²) in [6, 6.07) is 13.6. The first kappa shape index (κ1) is 19.4. The van der Waals surface area contributed by atoms with Crippen LogP contribution in [0.4, 0.5) is 4.79 Å². The number of carbonyl (C=O) groups is 2. The van der Waals surface area contributed by atoms with E-state index < -0.39 is 0 Å². The lowest BCUT2D eigenvalue weighted by atomic mass is 10.1. The van der Waals surface area contributed by atoms with Crippen molar-refractivity contribution in [2.24, 2.45) is 0 Å². The Bertz CT molecular complexity index is 721. The van der Waals surface area contributed by atoms with Crippen LogP contribution in [0.3, 0.4) is 0 Å². The van der Waals surface area contributed by atoms with Gasteiger partial charge in [0.05, 0.1) is 0 Å². The Morgan fingerprint density at radius 3 is 2.85 bits per heavy atom. The average molecular weight is 388 g/mol. The first-order chi connectivity index (χ1) is 13.2. The largest absolute Gasteiger partial charge is 0.445 e. The van der Waals surface area contributed by atoms with Crippen LogP contribution in [0.15, 0.2) is 47.8 Å². The van der Waals surface area contributed by atoms with Crippen molar-refractivity contribution in [1.82, 2.24) is 15.5 Å². The van der Waals surface area contributed by atoms with Gasteiger partial charge in [0.15, 0.2) is 0 Å². The van der Waals surface area contributed by atoms with Crippen LogP contribution in [0, 0.1) is 0 Å². The molecule has 2 N–H and O–H groups in total. The molecular weight excluding hydrogens is 362 g/mol. The number of ether oxygens (including phenoxy) is 1. The number of hydrogen-bond acceptors (Lipinski definition) is 5. The molecule has 0 radical (unpaired) electrons. The molecule has 1 atom stereocenters. The van der Waals surface area contributed by atoms with Gasteiger partial charge in [-0.05, 0) is 23.4 Å². The minimum absolute atomic E-state index is 0.00330. The van der Waals surface area contributed by atoms with E-state index >= 15 is 0 Å². The Kier molecular flexibility index (Phi) is 7.24. The molecule has 6 nitrogen and oxygen atoms in total. The molecule has 1 unspecified atom stereocenters. The van der Waals surface area contributed by atoms with Crippen LogP contribution >= 0.6 is 11.3 Å². The molecule has 7 heteroatoms. The molecule has 0 saturated carbocycles. The van der Waals surface area contributed by atoms with E-state index in [1.54, 1.807) is 16.2 Å². The maximum absolute atomic E-state index is 12.3. The summed E-state index contributed by atoms with van der Waals surface area (Å²) in [7, 11) is 0. The van der Waals surface area contributed by atoms with E-state index in [1.807, 2.05) is 41.8 Å². The van der Waals surface area contributed by atoms with Gasteiger partial charge in [0, 0.05) is 43.5 Å². The van der Waals surface area contributed by atoms with E-state index in [4.69, 9.17) is 4.74 Å². The summed E-state index contributed by atoms with van der Waals surface area (Å²) >= 11 is 1.69. The fourth-order valence-electron chi connectivity index (χ4n) is 3.01. The number of nitrogens with one attached hydrogen (secondary N) is 2. The van der Waals surface area contributed by atoms with Crippen LogP contribution in [0.2, 0.25) is 0 Å². The van der Waals surface area contributed by atoms with E-state index in [0.717, 1.165) is 12.0 Å². The zero-order valence-electron chi connectivity index (χ0n) is 15.2. The molecule has 1 aromatic carbocycles. The summed E-state index contributed by atoms with van der Waals surface area (Å²) in [6.07, 6.45) is 0.871. The molecular formula is C20H25N3O3S. The van der Waals surface area contributed by atoms with Crippen LogP contribution in [0.5, 0.6) is 0 Å². The van der Waals surface area contributed by atoms with Crippen molar-refractivity contribution in [3.63, 3.8) is 0 Å². The summed E-state index contributed by atoms with van der Waals surface area (Å²) in [5.74, 6) is 0.00330. The normalized spacial score (nSPS) is 16.7. The lowest BCUT2D eigenvalue weighted by molar-refractivity contribution is -0.121. The van der Waals surface area contributed by atoms with Gasteiger partial charge in [-0.2, -0.15) is 0 Å². The summed E-state index contributed by atoms with van der Waals surface area (Å²) in [4.78, 5) is 27.4. The van der Waals surface area contributed by atoms with Crippen LogP contribution in [0.25, 0.3) is 0 Å². The van der Waals surface area contributed by atoms with Crippen molar-refractivity contribution in [2.45, 2.75) is 25.5 Å². The van der Waals surface area contributed by atoms with Gasteiger partial charge in [0.25, 0.3) is 0 Å². The highest BCUT2D eigenvalue weighted by Crippen LogP contribution is 2.09. The second-order valence-electron chi connectivity index (χ2n) is 6.52. The third-order valence-electron chi connectivity index (χ3n) is 4.42. The van der Waals surface area contributed by atoms with Crippen molar-refractivity contribution in [3.8, 4) is 0 Å². The number of benzene rings is 1. The van der Waals surface area contributed by atoms with Crippen LogP contribution in [0.1, 0.15) is 16.9 Å². The van der Waals surface area contributed by atoms with Crippen molar-refractivity contribution in [1.29, 1.82) is 0 Å². The predicted octanol–water partition coefficient (Wildman–Crippen LogP) is 2.41. The van der Waals surface area contributed by atoms with Crippen molar-refractivity contribution < 1.29 is 14.3 Å². The Morgan fingerprint density at radius 2 is 2.07 bits per heavy atom. The van der Waals surface area contributed by atoms with Crippen LogP contribution in [-0.4, -0.2) is 49.1 Å². The molecule has 3 rings (SSSR count). The highest BCUT2D eigenvalue weighted by molar-refractivity contribution is 7.09. The zero-order chi connectivity index (χ0) is 18.9. The third-order valence-corrected chi connectivity index (χ3v) is 5.36. The number of carbonyl (C=O) groups excluding carboxylic acids is 2. The summed E-state index contributed by atoms with van der Waals surface area (Å²) in [5, 5.41) is 8.29. The summed E-state index contributed by atoms with van der Waals surface area (Å²) in [6.45, 7) is 2.62. The van der Waals surface area contributed by atoms with Crippen LogP contribution < -0.4 is 10.6 Å². The van der Waals surface area contributed by atoms with Crippen molar-refractivity contribution in [2.75, 3.05) is 26.2 Å². The number of piperazine rings is 1. The van der Waals surface area contributed by atoms with E-state index in [0.29, 0.717) is 32.6 Å². The molecule has 2 aromatic rings. The number of thiophene rings is 1. The summed E-state index contributed by atoms with van der Waals surface area (Å²) < 4.78 is 5.39. The Balaban J connectivity index is 1.37. The number of rotatable bonds is 7. The molecule has 1 fully saturated rings. The Morgan fingerprint density at radius 1 is 1.22 bits per heavy atom. The first-order valence-electron chi connectivity index (χ1n) is 9.19. The lowest BCUT2D eigenvalue weighted by Gasteiger charge is -2.32. The van der Waals surface area contributed by atoms with Crippen LogP contribution in [-0.2, 0) is 22.6 Å². The van der Waals surface area contributed by atoms with Gasteiger partial charge in [-0.15, -0.1) is 11.3 Å². The molecule has 27 heavy (non-hydrogen) atoms. The molecule has 2 amide bonds. The maximum Gasteiger partial charge on any atom is 0.410 e. The second-order valence-corrected chi connectivity index (χ2v) is 7.55. The van der Waals surface area contributed by atoms with E-state index in [9.17, 15) is 9.59 Å². The van der Waals surface area contributed by atoms with Gasteiger partial charge in [0.1, 0.15) is 6.61 Å². The van der Waals surface area contributed by atoms with Gasteiger partial charge >= 0.3 is 6.09 Å². The molecule has 0 aliphatic carbocycles. The van der Waals surface area contributed by atoms with Gasteiger partial charge < -0.3 is 20.3 Å². The molecule has 1 aromatic heterocycles. The van der Waals surface area contributed by atoms with Gasteiger partial charge in [-0.1, -0.05) is 36.4 Å². The minimum atomic E-state index is -0.330. The zero-order valence-corrected chi connectivity index (χ0v) is 16.0. The van der Waals surface area contributed by atoms with Gasteiger partial charge in [-0.3, -0.25) is 4.79 Å². The van der Waals surface area contributed by atoms with Gasteiger partial charge in [-0.25, -0.2) is 4.79 Å². The first-order valence-corrected chi connectivity index (χ1v) is 10.1. The molecule has 144 valence electrons.